The van der Waals surface area contributed by atoms with Gasteiger partial charge in [-0.2, -0.15) is 0 Å². The van der Waals surface area contributed by atoms with E-state index in [0.717, 1.165) is 39.2 Å². The van der Waals surface area contributed by atoms with E-state index < -0.39 is 0 Å². The zero-order chi connectivity index (χ0) is 18.5. The monoisotopic (exact) mass is 391 g/mol. The maximum atomic E-state index is 13.4. The molecule has 0 radical (unpaired) electrons. The molecule has 1 N–H and O–H groups in total. The van der Waals surface area contributed by atoms with Gasteiger partial charge >= 0.3 is 0 Å². The molecule has 0 spiro atoms. The number of unbranched alkanes of at least 4 members (excludes halogenated alkanes) is 1. The SMILES string of the molecule is CCCCC1CSc2cc(O)c(SCC)cc2N(c2ccc(F)cc2)C1. The Hall–Kier alpha value is -1.33. The summed E-state index contributed by atoms with van der Waals surface area (Å²) in [4.78, 5) is 4.31. The van der Waals surface area contributed by atoms with Gasteiger partial charge < -0.3 is 10.0 Å². The van der Waals surface area contributed by atoms with Gasteiger partial charge in [0.15, 0.2) is 0 Å². The molecule has 0 saturated carbocycles. The quantitative estimate of drug-likeness (QED) is 0.554. The van der Waals surface area contributed by atoms with Crippen molar-refractivity contribution in [1.82, 2.24) is 0 Å². The lowest BCUT2D eigenvalue weighted by Gasteiger charge is -2.28. The number of halogens is 1. The van der Waals surface area contributed by atoms with Gasteiger partial charge in [0, 0.05) is 22.9 Å². The van der Waals surface area contributed by atoms with Crippen LogP contribution in [0.25, 0.3) is 0 Å². The van der Waals surface area contributed by atoms with Crippen LogP contribution in [0.4, 0.5) is 15.8 Å². The molecule has 2 aromatic rings. The van der Waals surface area contributed by atoms with E-state index in [1.807, 2.05) is 30.0 Å². The van der Waals surface area contributed by atoms with E-state index in [1.54, 1.807) is 11.8 Å². The minimum atomic E-state index is -0.214. The average molecular weight is 392 g/mol. The molecule has 26 heavy (non-hydrogen) atoms. The van der Waals surface area contributed by atoms with Crippen LogP contribution in [0.2, 0.25) is 0 Å². The van der Waals surface area contributed by atoms with Gasteiger partial charge in [-0.3, -0.25) is 0 Å². The van der Waals surface area contributed by atoms with Crippen molar-refractivity contribution in [3.63, 3.8) is 0 Å². The molecule has 0 bridgehead atoms. The fraction of sp³-hybridized carbons (Fsp3) is 0.429. The van der Waals surface area contributed by atoms with Crippen LogP contribution < -0.4 is 4.90 Å². The second-order valence-corrected chi connectivity index (χ2v) is 8.99. The lowest BCUT2D eigenvalue weighted by Crippen LogP contribution is -2.25. The van der Waals surface area contributed by atoms with Crippen molar-refractivity contribution in [1.29, 1.82) is 0 Å². The van der Waals surface area contributed by atoms with Crippen LogP contribution in [0, 0.1) is 11.7 Å². The third kappa shape index (κ3) is 4.49. The fourth-order valence-electron chi connectivity index (χ4n) is 3.29. The molecule has 0 amide bonds. The molecule has 1 aliphatic rings. The van der Waals surface area contributed by atoms with Crippen LogP contribution in [-0.4, -0.2) is 23.2 Å². The molecular weight excluding hydrogens is 365 g/mol. The Bertz CT molecular complexity index is 736. The van der Waals surface area contributed by atoms with E-state index in [2.05, 4.69) is 24.8 Å². The Morgan fingerprint density at radius 1 is 1.23 bits per heavy atom. The van der Waals surface area contributed by atoms with Crippen molar-refractivity contribution >= 4 is 34.9 Å². The second kappa shape index (κ2) is 9.05. The average Bonchev–Trinajstić information content (AvgIpc) is 2.81. The number of rotatable bonds is 6. The van der Waals surface area contributed by atoms with Gasteiger partial charge in [-0.25, -0.2) is 4.39 Å². The van der Waals surface area contributed by atoms with Crippen molar-refractivity contribution in [2.45, 2.75) is 42.9 Å². The molecule has 0 fully saturated rings. The standard InChI is InChI=1S/C21H26FNOS2/c1-3-5-6-15-13-23(17-9-7-16(22)8-10-17)18-11-21(25-4-2)19(24)12-20(18)26-14-15/h7-12,15,24H,3-6,13-14H2,1-2H3. The van der Waals surface area contributed by atoms with Crippen molar-refractivity contribution in [3.05, 3.63) is 42.2 Å². The third-order valence-corrected chi connectivity index (χ3v) is 6.85. The highest BCUT2D eigenvalue weighted by molar-refractivity contribution is 7.99. The van der Waals surface area contributed by atoms with Crippen molar-refractivity contribution in [2.24, 2.45) is 5.92 Å². The summed E-state index contributed by atoms with van der Waals surface area (Å²) in [5.41, 5.74) is 2.13. The number of hydrogen-bond donors (Lipinski definition) is 1. The van der Waals surface area contributed by atoms with Gasteiger partial charge in [-0.05, 0) is 54.5 Å². The second-order valence-electron chi connectivity index (χ2n) is 6.63. The maximum Gasteiger partial charge on any atom is 0.130 e. The lowest BCUT2D eigenvalue weighted by molar-refractivity contribution is 0.461. The van der Waals surface area contributed by atoms with E-state index in [4.69, 9.17) is 0 Å². The van der Waals surface area contributed by atoms with Crippen LogP contribution >= 0.6 is 23.5 Å². The first-order valence-electron chi connectivity index (χ1n) is 9.28. The molecule has 0 aliphatic carbocycles. The van der Waals surface area contributed by atoms with Crippen LogP contribution in [0.15, 0.2) is 46.2 Å². The minimum Gasteiger partial charge on any atom is -0.507 e. The predicted molar refractivity (Wildman–Crippen MR) is 112 cm³/mol. The van der Waals surface area contributed by atoms with Gasteiger partial charge in [0.2, 0.25) is 0 Å². The van der Waals surface area contributed by atoms with Crippen LogP contribution in [0.5, 0.6) is 5.75 Å². The topological polar surface area (TPSA) is 23.5 Å². The number of hydrogen-bond acceptors (Lipinski definition) is 4. The van der Waals surface area contributed by atoms with E-state index in [0.29, 0.717) is 11.7 Å². The summed E-state index contributed by atoms with van der Waals surface area (Å²) in [6, 6.07) is 10.7. The Morgan fingerprint density at radius 3 is 2.69 bits per heavy atom. The molecule has 0 aromatic heterocycles. The van der Waals surface area contributed by atoms with Crippen LogP contribution in [-0.2, 0) is 0 Å². The highest BCUT2D eigenvalue weighted by Gasteiger charge is 2.25. The first kappa shape index (κ1) is 19.4. The highest BCUT2D eigenvalue weighted by Crippen LogP contribution is 2.45. The first-order valence-corrected chi connectivity index (χ1v) is 11.2. The summed E-state index contributed by atoms with van der Waals surface area (Å²) >= 11 is 3.48. The van der Waals surface area contributed by atoms with E-state index in [9.17, 15) is 9.50 Å². The molecular formula is C21H26FNOS2. The number of aromatic hydroxyl groups is 1. The smallest absolute Gasteiger partial charge is 0.130 e. The molecule has 2 aromatic carbocycles. The highest BCUT2D eigenvalue weighted by atomic mass is 32.2. The number of phenolic OH excluding ortho intramolecular Hbond substituents is 1. The summed E-state index contributed by atoms with van der Waals surface area (Å²) in [6.07, 6.45) is 3.61. The van der Waals surface area contributed by atoms with Crippen LogP contribution in [0.3, 0.4) is 0 Å². The first-order chi connectivity index (χ1) is 12.6. The zero-order valence-electron chi connectivity index (χ0n) is 15.4. The largest absolute Gasteiger partial charge is 0.507 e. The van der Waals surface area contributed by atoms with Gasteiger partial charge in [0.05, 0.1) is 10.6 Å². The molecule has 140 valence electrons. The molecule has 1 aliphatic heterocycles. The van der Waals surface area contributed by atoms with Gasteiger partial charge in [0.25, 0.3) is 0 Å². The Labute approximate surface area is 164 Å². The van der Waals surface area contributed by atoms with E-state index >= 15 is 0 Å². The normalized spacial score (nSPS) is 17.0. The molecule has 3 rings (SSSR count). The third-order valence-electron chi connectivity index (χ3n) is 4.65. The van der Waals surface area contributed by atoms with Gasteiger partial charge in [-0.1, -0.05) is 26.7 Å². The number of thioether (sulfide) groups is 2. The molecule has 2 nitrogen and oxygen atoms in total. The van der Waals surface area contributed by atoms with Crippen molar-refractivity contribution in [3.8, 4) is 5.75 Å². The summed E-state index contributed by atoms with van der Waals surface area (Å²) in [5, 5.41) is 10.4. The zero-order valence-corrected chi connectivity index (χ0v) is 17.0. The number of benzene rings is 2. The number of phenols is 1. The maximum absolute atomic E-state index is 13.4. The molecule has 1 heterocycles. The van der Waals surface area contributed by atoms with Crippen LogP contribution in [0.1, 0.15) is 33.1 Å². The lowest BCUT2D eigenvalue weighted by atomic mass is 10.0. The van der Waals surface area contributed by atoms with E-state index in [-0.39, 0.29) is 5.82 Å². The summed E-state index contributed by atoms with van der Waals surface area (Å²) in [6.45, 7) is 5.23. The number of nitrogens with zero attached hydrogens (tertiary/aromatic N) is 1. The fourth-order valence-corrected chi connectivity index (χ4v) is 5.20. The predicted octanol–water partition coefficient (Wildman–Crippen LogP) is 6.69. The molecule has 5 heteroatoms. The number of anilines is 2. The Balaban J connectivity index is 2.01. The molecule has 1 unspecified atom stereocenters. The number of fused-ring (bicyclic) bond motifs is 1. The summed E-state index contributed by atoms with van der Waals surface area (Å²) in [7, 11) is 0. The molecule has 1 atom stereocenters. The molecule has 0 saturated heterocycles. The van der Waals surface area contributed by atoms with Gasteiger partial charge in [0.1, 0.15) is 11.6 Å². The van der Waals surface area contributed by atoms with E-state index in [1.165, 1.54) is 31.4 Å². The Morgan fingerprint density at radius 2 is 2.00 bits per heavy atom. The van der Waals surface area contributed by atoms with Gasteiger partial charge in [-0.15, -0.1) is 23.5 Å². The minimum absolute atomic E-state index is 0.214. The summed E-state index contributed by atoms with van der Waals surface area (Å²) < 4.78 is 13.4. The van der Waals surface area contributed by atoms with Crippen molar-refractivity contribution < 1.29 is 9.50 Å². The summed E-state index contributed by atoms with van der Waals surface area (Å²) in [5.74, 6) is 2.67. The van der Waals surface area contributed by atoms with Crippen molar-refractivity contribution in [2.75, 3.05) is 23.0 Å². The Kier molecular flexibility index (Phi) is 6.76.